The maximum Gasteiger partial charge on any atom is 0.190 e. The molecule has 4 heteroatoms. The zero-order valence-corrected chi connectivity index (χ0v) is 18.0. The number of halogens is 2. The normalized spacial score (nSPS) is 21.0. The molecule has 0 N–H and O–H groups in total. The Hall–Kier alpha value is -4.18. The zero-order chi connectivity index (χ0) is 23.4. The van der Waals surface area contributed by atoms with Crippen LogP contribution in [-0.4, -0.2) is 11.6 Å². The third-order valence-electron chi connectivity index (χ3n) is 6.80. The highest BCUT2D eigenvalue weighted by atomic mass is 19.1. The minimum absolute atomic E-state index is 0.201. The fraction of sp³-hybridized carbons (Fsp3) is 0.0667. The van der Waals surface area contributed by atoms with E-state index in [1.165, 1.54) is 24.3 Å². The number of rotatable bonds is 2. The lowest BCUT2D eigenvalue weighted by Crippen LogP contribution is -2.13. The molecule has 6 rings (SSSR count). The number of benzene rings is 4. The second-order valence-electron chi connectivity index (χ2n) is 8.63. The fourth-order valence-electron chi connectivity index (χ4n) is 5.33. The quantitative estimate of drug-likeness (QED) is 0.323. The average Bonchev–Trinajstić information content (AvgIpc) is 3.31. The molecular formula is C30H18F2O2. The van der Waals surface area contributed by atoms with Gasteiger partial charge in [0.1, 0.15) is 11.6 Å². The molecule has 0 spiro atoms. The summed E-state index contributed by atoms with van der Waals surface area (Å²) in [5.74, 6) is -2.14. The molecule has 2 unspecified atom stereocenters. The summed E-state index contributed by atoms with van der Waals surface area (Å²) in [7, 11) is 0. The highest BCUT2D eigenvalue weighted by Gasteiger charge is 2.45. The van der Waals surface area contributed by atoms with Crippen LogP contribution in [0.1, 0.15) is 54.8 Å². The smallest absolute Gasteiger partial charge is 0.190 e. The van der Waals surface area contributed by atoms with Gasteiger partial charge in [0.2, 0.25) is 0 Å². The van der Waals surface area contributed by atoms with Gasteiger partial charge in [-0.3, -0.25) is 9.59 Å². The number of hydrogen-bond donors (Lipinski definition) is 0. The van der Waals surface area contributed by atoms with Crippen LogP contribution in [0.4, 0.5) is 8.78 Å². The van der Waals surface area contributed by atoms with Gasteiger partial charge in [0.25, 0.3) is 0 Å². The van der Waals surface area contributed by atoms with Gasteiger partial charge in [-0.15, -0.1) is 0 Å². The summed E-state index contributed by atoms with van der Waals surface area (Å²) in [6, 6.07) is 26.7. The summed E-state index contributed by atoms with van der Waals surface area (Å²) in [4.78, 5) is 27.6. The molecule has 0 saturated carbocycles. The Morgan fingerprint density at radius 3 is 1.21 bits per heavy atom. The summed E-state index contributed by atoms with van der Waals surface area (Å²) >= 11 is 0. The second kappa shape index (κ2) is 7.70. The third kappa shape index (κ3) is 2.99. The van der Waals surface area contributed by atoms with Crippen LogP contribution in [0.3, 0.4) is 0 Å². The maximum absolute atomic E-state index is 13.8. The van der Waals surface area contributed by atoms with E-state index in [0.29, 0.717) is 22.3 Å². The van der Waals surface area contributed by atoms with Crippen LogP contribution in [0.15, 0.2) is 108 Å². The van der Waals surface area contributed by atoms with Crippen molar-refractivity contribution in [1.82, 2.24) is 0 Å². The van der Waals surface area contributed by atoms with E-state index in [9.17, 15) is 18.4 Å². The van der Waals surface area contributed by atoms with Crippen molar-refractivity contribution in [2.45, 2.75) is 11.8 Å². The Kier molecular flexibility index (Phi) is 4.63. The van der Waals surface area contributed by atoms with Gasteiger partial charge in [-0.05, 0) is 46.5 Å². The van der Waals surface area contributed by atoms with Crippen LogP contribution in [0, 0.1) is 11.6 Å². The lowest BCUT2D eigenvalue weighted by atomic mass is 9.81. The summed E-state index contributed by atoms with van der Waals surface area (Å²) in [6.45, 7) is 0. The first-order valence-electron chi connectivity index (χ1n) is 11.1. The highest BCUT2D eigenvalue weighted by Crippen LogP contribution is 2.51. The number of fused-ring (bicyclic) bond motifs is 2. The number of carbonyl (C=O) groups excluding carboxylic acids is 2. The van der Waals surface area contributed by atoms with Gasteiger partial charge >= 0.3 is 0 Å². The average molecular weight is 448 g/mol. The van der Waals surface area contributed by atoms with Crippen molar-refractivity contribution in [2.24, 2.45) is 0 Å². The second-order valence-corrected chi connectivity index (χ2v) is 8.63. The summed E-state index contributed by atoms with van der Waals surface area (Å²) < 4.78 is 27.5. The van der Waals surface area contributed by atoms with Gasteiger partial charge in [-0.2, -0.15) is 0 Å². The lowest BCUT2D eigenvalue weighted by molar-refractivity contribution is 0.100. The molecule has 2 aliphatic rings. The number of carbonyl (C=O) groups is 2. The van der Waals surface area contributed by atoms with Crippen molar-refractivity contribution in [3.63, 3.8) is 0 Å². The standard InChI is InChI=1S/C30H18F2O2/c31-19-13-9-17(10-14-19)25-21-5-1-3-7-23(21)29(33)27(25)28-26(18-11-15-20(32)16-12-18)22-6-2-4-8-24(22)30(28)34/h1-16,25-26H/b28-27+. The Morgan fingerprint density at radius 1 is 0.471 bits per heavy atom. The maximum atomic E-state index is 13.8. The molecule has 0 saturated heterocycles. The summed E-state index contributed by atoms with van der Waals surface area (Å²) in [5.41, 5.74) is 4.97. The van der Waals surface area contributed by atoms with E-state index in [1.54, 1.807) is 48.5 Å². The fourth-order valence-corrected chi connectivity index (χ4v) is 5.33. The van der Waals surface area contributed by atoms with Crippen LogP contribution in [0.5, 0.6) is 0 Å². The molecule has 0 bridgehead atoms. The lowest BCUT2D eigenvalue weighted by Gasteiger charge is -2.20. The van der Waals surface area contributed by atoms with Crippen LogP contribution in [0.2, 0.25) is 0 Å². The minimum Gasteiger partial charge on any atom is -0.289 e. The van der Waals surface area contributed by atoms with E-state index in [-0.39, 0.29) is 23.2 Å². The van der Waals surface area contributed by atoms with E-state index in [2.05, 4.69) is 0 Å². The van der Waals surface area contributed by atoms with Crippen molar-refractivity contribution >= 4 is 11.6 Å². The molecule has 0 heterocycles. The van der Waals surface area contributed by atoms with Gasteiger partial charge < -0.3 is 0 Å². The highest BCUT2D eigenvalue weighted by molar-refractivity contribution is 6.24. The van der Waals surface area contributed by atoms with E-state index >= 15 is 0 Å². The Bertz CT molecular complexity index is 1380. The van der Waals surface area contributed by atoms with Crippen molar-refractivity contribution in [3.05, 3.63) is 153 Å². The molecule has 2 atom stereocenters. The molecular weight excluding hydrogens is 430 g/mol. The van der Waals surface area contributed by atoms with Crippen LogP contribution in [-0.2, 0) is 0 Å². The van der Waals surface area contributed by atoms with Crippen molar-refractivity contribution in [3.8, 4) is 0 Å². The molecule has 0 radical (unpaired) electrons. The molecule has 2 nitrogen and oxygen atoms in total. The first kappa shape index (κ1) is 20.4. The van der Waals surface area contributed by atoms with Gasteiger partial charge in [-0.1, -0.05) is 72.8 Å². The Morgan fingerprint density at radius 2 is 0.824 bits per heavy atom. The molecule has 2 aliphatic carbocycles. The third-order valence-corrected chi connectivity index (χ3v) is 6.80. The first-order valence-corrected chi connectivity index (χ1v) is 11.1. The van der Waals surface area contributed by atoms with Crippen molar-refractivity contribution in [2.75, 3.05) is 0 Å². The molecule has 0 fully saturated rings. The van der Waals surface area contributed by atoms with Crippen molar-refractivity contribution in [1.29, 1.82) is 0 Å². The number of ketones is 2. The monoisotopic (exact) mass is 448 g/mol. The molecule has 34 heavy (non-hydrogen) atoms. The van der Waals surface area contributed by atoms with Crippen LogP contribution in [0.25, 0.3) is 0 Å². The van der Waals surface area contributed by atoms with E-state index in [0.717, 1.165) is 22.3 Å². The molecule has 4 aromatic carbocycles. The predicted octanol–water partition coefficient (Wildman–Crippen LogP) is 6.62. The predicted molar refractivity (Wildman–Crippen MR) is 125 cm³/mol. The number of Topliss-reactive ketones (excluding diaryl/α,β-unsaturated/α-hetero) is 2. The Balaban J connectivity index is 1.66. The first-order chi connectivity index (χ1) is 16.5. The van der Waals surface area contributed by atoms with E-state index in [4.69, 9.17) is 0 Å². The van der Waals surface area contributed by atoms with Gasteiger partial charge in [0, 0.05) is 34.1 Å². The molecule has 4 aromatic rings. The van der Waals surface area contributed by atoms with Gasteiger partial charge in [0.05, 0.1) is 0 Å². The number of hydrogen-bond acceptors (Lipinski definition) is 2. The zero-order valence-electron chi connectivity index (χ0n) is 18.0. The minimum atomic E-state index is -0.500. The molecule has 0 aromatic heterocycles. The molecule has 0 amide bonds. The van der Waals surface area contributed by atoms with Crippen LogP contribution >= 0.6 is 0 Å². The molecule has 164 valence electrons. The molecule has 0 aliphatic heterocycles. The van der Waals surface area contributed by atoms with E-state index in [1.807, 2.05) is 24.3 Å². The van der Waals surface area contributed by atoms with Gasteiger partial charge in [-0.25, -0.2) is 8.78 Å². The number of allylic oxidation sites excluding steroid dienone is 2. The summed E-state index contributed by atoms with van der Waals surface area (Å²) in [6.07, 6.45) is 0. The van der Waals surface area contributed by atoms with E-state index < -0.39 is 11.8 Å². The van der Waals surface area contributed by atoms with Gasteiger partial charge in [0.15, 0.2) is 11.6 Å². The summed E-state index contributed by atoms with van der Waals surface area (Å²) in [5, 5.41) is 0. The Labute approximate surface area is 195 Å². The SMILES string of the molecule is O=C1/C(=C2/C(=O)c3ccccc3C2c2ccc(F)cc2)C(c2ccc(F)cc2)c2ccccc21. The topological polar surface area (TPSA) is 34.1 Å². The van der Waals surface area contributed by atoms with Crippen molar-refractivity contribution < 1.29 is 18.4 Å². The van der Waals surface area contributed by atoms with Crippen LogP contribution < -0.4 is 0 Å². The largest absolute Gasteiger partial charge is 0.289 e.